The molecular weight excluding hydrogens is 254 g/mol. The van der Waals surface area contributed by atoms with Gasteiger partial charge < -0.3 is 10.2 Å². The Bertz CT molecular complexity index is 379. The highest BCUT2D eigenvalue weighted by Gasteiger charge is 2.17. The van der Waals surface area contributed by atoms with E-state index in [1.807, 2.05) is 6.20 Å². The Morgan fingerprint density at radius 2 is 2.32 bits per heavy atom. The fraction of sp³-hybridized carbons (Fsp3) is 0.667. The monoisotopic (exact) mass is 279 g/mol. The molecule has 2 heterocycles. The maximum atomic E-state index is 4.66. The first-order chi connectivity index (χ1) is 9.24. The van der Waals surface area contributed by atoms with Crippen LogP contribution in [-0.2, 0) is 0 Å². The fourth-order valence-corrected chi connectivity index (χ4v) is 3.56. The minimum Gasteiger partial charge on any atom is -0.368 e. The highest BCUT2D eigenvalue weighted by atomic mass is 32.2. The van der Waals surface area contributed by atoms with Crippen molar-refractivity contribution in [1.82, 2.24) is 10.3 Å². The maximum Gasteiger partial charge on any atom is 0.0574 e. The summed E-state index contributed by atoms with van der Waals surface area (Å²) >= 11 is 2.06. The zero-order valence-electron chi connectivity index (χ0n) is 12.2. The van der Waals surface area contributed by atoms with Crippen LogP contribution in [0.1, 0.15) is 38.9 Å². The molecule has 1 N–H and O–H groups in total. The van der Waals surface area contributed by atoms with E-state index in [-0.39, 0.29) is 0 Å². The lowest BCUT2D eigenvalue weighted by atomic mass is 10.1. The lowest BCUT2D eigenvalue weighted by Crippen LogP contribution is -2.36. The van der Waals surface area contributed by atoms with E-state index in [0.717, 1.165) is 37.0 Å². The summed E-state index contributed by atoms with van der Waals surface area (Å²) in [6, 6.07) is 4.79. The van der Waals surface area contributed by atoms with E-state index in [4.69, 9.17) is 0 Å². The third-order valence-electron chi connectivity index (χ3n) is 3.59. The van der Waals surface area contributed by atoms with Crippen LogP contribution in [0, 0.1) is 0 Å². The van der Waals surface area contributed by atoms with Gasteiger partial charge in [0.25, 0.3) is 0 Å². The molecule has 2 atom stereocenters. The molecule has 4 heteroatoms. The molecule has 1 saturated heterocycles. The van der Waals surface area contributed by atoms with E-state index in [0.29, 0.717) is 6.04 Å². The van der Waals surface area contributed by atoms with E-state index < -0.39 is 0 Å². The second-order valence-electron chi connectivity index (χ2n) is 5.09. The molecule has 1 aromatic heterocycles. The number of rotatable bonds is 5. The predicted molar refractivity (Wildman–Crippen MR) is 85.1 cm³/mol. The minimum absolute atomic E-state index is 0.384. The van der Waals surface area contributed by atoms with Gasteiger partial charge in [-0.05, 0) is 25.1 Å². The van der Waals surface area contributed by atoms with Crippen molar-refractivity contribution >= 4 is 17.4 Å². The summed E-state index contributed by atoms with van der Waals surface area (Å²) in [5.74, 6) is 1.22. The van der Waals surface area contributed by atoms with Gasteiger partial charge in [-0.3, -0.25) is 4.98 Å². The van der Waals surface area contributed by atoms with Crippen molar-refractivity contribution in [3.8, 4) is 0 Å². The van der Waals surface area contributed by atoms with Crippen LogP contribution in [0.3, 0.4) is 0 Å². The Morgan fingerprint density at radius 3 is 2.89 bits per heavy atom. The summed E-state index contributed by atoms with van der Waals surface area (Å²) in [4.78, 5) is 7.11. The summed E-state index contributed by atoms with van der Waals surface area (Å²) in [6.07, 6.45) is 3.12. The lowest BCUT2D eigenvalue weighted by molar-refractivity contribution is 0.524. The summed E-state index contributed by atoms with van der Waals surface area (Å²) in [7, 11) is 0. The maximum absolute atomic E-state index is 4.66. The average Bonchev–Trinajstić information content (AvgIpc) is 2.45. The van der Waals surface area contributed by atoms with E-state index in [2.05, 4.69) is 59.9 Å². The van der Waals surface area contributed by atoms with Gasteiger partial charge in [0.05, 0.1) is 17.6 Å². The minimum atomic E-state index is 0.384. The summed E-state index contributed by atoms with van der Waals surface area (Å²) in [5.41, 5.74) is 2.43. The molecule has 0 aromatic carbocycles. The summed E-state index contributed by atoms with van der Waals surface area (Å²) in [6.45, 7) is 9.91. The van der Waals surface area contributed by atoms with Crippen molar-refractivity contribution in [2.24, 2.45) is 0 Å². The first-order valence-corrected chi connectivity index (χ1v) is 8.35. The first kappa shape index (κ1) is 14.7. The van der Waals surface area contributed by atoms with Crippen molar-refractivity contribution in [2.75, 3.05) is 30.3 Å². The van der Waals surface area contributed by atoms with Gasteiger partial charge in [-0.25, -0.2) is 0 Å². The summed E-state index contributed by atoms with van der Waals surface area (Å²) in [5, 5.41) is 4.20. The second kappa shape index (κ2) is 7.15. The molecule has 0 saturated carbocycles. The van der Waals surface area contributed by atoms with Gasteiger partial charge in [-0.1, -0.05) is 20.8 Å². The number of hydrogen-bond donors (Lipinski definition) is 1. The van der Waals surface area contributed by atoms with Crippen LogP contribution in [0.4, 0.5) is 5.69 Å². The molecule has 2 unspecified atom stereocenters. The molecule has 3 nitrogen and oxygen atoms in total. The van der Waals surface area contributed by atoms with Gasteiger partial charge in [-0.15, -0.1) is 0 Å². The molecule has 1 aromatic rings. The summed E-state index contributed by atoms with van der Waals surface area (Å²) < 4.78 is 0. The lowest BCUT2D eigenvalue weighted by Gasteiger charge is -2.32. The van der Waals surface area contributed by atoms with Crippen molar-refractivity contribution in [3.63, 3.8) is 0 Å². The van der Waals surface area contributed by atoms with Gasteiger partial charge in [0.15, 0.2) is 0 Å². The fourth-order valence-electron chi connectivity index (χ4n) is 2.55. The van der Waals surface area contributed by atoms with Crippen LogP contribution in [0.15, 0.2) is 18.3 Å². The molecule has 19 heavy (non-hydrogen) atoms. The van der Waals surface area contributed by atoms with Crippen molar-refractivity contribution in [2.45, 2.75) is 38.5 Å². The van der Waals surface area contributed by atoms with E-state index in [1.165, 1.54) is 11.4 Å². The molecule has 106 valence electrons. The number of nitrogens with zero attached hydrogens (tertiary/aromatic N) is 2. The molecule has 0 amide bonds. The molecule has 1 fully saturated rings. The van der Waals surface area contributed by atoms with Crippen LogP contribution in [0.2, 0.25) is 0 Å². The zero-order chi connectivity index (χ0) is 13.7. The van der Waals surface area contributed by atoms with E-state index >= 15 is 0 Å². The van der Waals surface area contributed by atoms with E-state index in [9.17, 15) is 0 Å². The SMILES string of the molecule is CCNC(CC)c1ccc(N2CCSC(C)C2)cn1. The highest BCUT2D eigenvalue weighted by molar-refractivity contribution is 8.00. The number of thioether (sulfide) groups is 1. The van der Waals surface area contributed by atoms with Gasteiger partial charge >= 0.3 is 0 Å². The highest BCUT2D eigenvalue weighted by Crippen LogP contribution is 2.24. The third-order valence-corrected chi connectivity index (χ3v) is 4.73. The van der Waals surface area contributed by atoms with Crippen LogP contribution < -0.4 is 10.2 Å². The van der Waals surface area contributed by atoms with Gasteiger partial charge in [0.1, 0.15) is 0 Å². The molecule has 0 aliphatic carbocycles. The molecule has 1 aliphatic rings. The number of anilines is 1. The Labute approximate surface area is 121 Å². The van der Waals surface area contributed by atoms with E-state index in [1.54, 1.807) is 0 Å². The first-order valence-electron chi connectivity index (χ1n) is 7.30. The average molecular weight is 279 g/mol. The van der Waals surface area contributed by atoms with Crippen molar-refractivity contribution in [1.29, 1.82) is 0 Å². The third kappa shape index (κ3) is 3.86. The van der Waals surface area contributed by atoms with Crippen LogP contribution in [0.5, 0.6) is 0 Å². The van der Waals surface area contributed by atoms with Crippen LogP contribution >= 0.6 is 11.8 Å². The Morgan fingerprint density at radius 1 is 1.47 bits per heavy atom. The van der Waals surface area contributed by atoms with Crippen LogP contribution in [0.25, 0.3) is 0 Å². The Hall–Kier alpha value is -0.740. The van der Waals surface area contributed by atoms with Crippen molar-refractivity contribution in [3.05, 3.63) is 24.0 Å². The smallest absolute Gasteiger partial charge is 0.0574 e. The Balaban J connectivity index is 2.04. The zero-order valence-corrected chi connectivity index (χ0v) is 13.0. The predicted octanol–water partition coefficient (Wildman–Crippen LogP) is 3.08. The molecule has 0 spiro atoms. The van der Waals surface area contributed by atoms with Crippen molar-refractivity contribution < 1.29 is 0 Å². The normalized spacial score (nSPS) is 21.4. The van der Waals surface area contributed by atoms with Gasteiger partial charge in [0.2, 0.25) is 0 Å². The number of aromatic nitrogens is 1. The van der Waals surface area contributed by atoms with Gasteiger partial charge in [0, 0.05) is 30.1 Å². The number of hydrogen-bond acceptors (Lipinski definition) is 4. The quantitative estimate of drug-likeness (QED) is 0.896. The topological polar surface area (TPSA) is 28.2 Å². The van der Waals surface area contributed by atoms with Gasteiger partial charge in [-0.2, -0.15) is 11.8 Å². The largest absolute Gasteiger partial charge is 0.368 e. The number of pyridine rings is 1. The molecule has 2 rings (SSSR count). The molecule has 0 bridgehead atoms. The number of nitrogens with one attached hydrogen (secondary N) is 1. The Kier molecular flexibility index (Phi) is 5.52. The van der Waals surface area contributed by atoms with Crippen LogP contribution in [-0.4, -0.2) is 35.6 Å². The molecule has 0 radical (unpaired) electrons. The molecular formula is C15H25N3S. The second-order valence-corrected chi connectivity index (χ2v) is 6.63. The standard InChI is InChI=1S/C15H25N3S/c1-4-14(16-5-2)15-7-6-13(10-17-15)18-8-9-19-12(3)11-18/h6-7,10,12,14,16H,4-5,8-9,11H2,1-3H3. The molecule has 1 aliphatic heterocycles.